The summed E-state index contributed by atoms with van der Waals surface area (Å²) in [5.41, 5.74) is 1.17. The molecule has 100 valence electrons. The number of carboxylic acids is 1. The molecule has 2 rings (SSSR count). The molecular formula is C13H13NO5. The first-order valence-corrected chi connectivity index (χ1v) is 5.53. The number of benzene rings is 1. The molecule has 1 N–H and O–H groups in total. The largest absolute Gasteiger partial charge is 0.493 e. The van der Waals surface area contributed by atoms with Crippen LogP contribution >= 0.6 is 0 Å². The first-order chi connectivity index (χ1) is 9.17. The standard InChI is InChI=1S/C13H13NO5/c1-17-11-5-3-4-8(12(11)18-2)6-10-9(13(15)16)7-19-14-10/h3-5,7H,6H2,1-2H3,(H,15,16). The van der Waals surface area contributed by atoms with E-state index < -0.39 is 5.97 Å². The van der Waals surface area contributed by atoms with Crippen molar-refractivity contribution in [3.05, 3.63) is 41.3 Å². The third kappa shape index (κ3) is 2.52. The highest BCUT2D eigenvalue weighted by atomic mass is 16.5. The summed E-state index contributed by atoms with van der Waals surface area (Å²) in [5.74, 6) is 0.0721. The molecular weight excluding hydrogens is 250 g/mol. The Morgan fingerprint density at radius 3 is 2.79 bits per heavy atom. The average Bonchev–Trinajstić information content (AvgIpc) is 2.86. The number of ether oxygens (including phenoxy) is 2. The lowest BCUT2D eigenvalue weighted by atomic mass is 10.1. The van der Waals surface area contributed by atoms with Gasteiger partial charge in [0.1, 0.15) is 17.5 Å². The fourth-order valence-electron chi connectivity index (χ4n) is 1.83. The molecule has 0 fully saturated rings. The van der Waals surface area contributed by atoms with Gasteiger partial charge >= 0.3 is 5.97 Å². The van der Waals surface area contributed by atoms with E-state index in [2.05, 4.69) is 5.16 Å². The molecule has 0 atom stereocenters. The number of rotatable bonds is 5. The van der Waals surface area contributed by atoms with Crippen molar-refractivity contribution in [2.45, 2.75) is 6.42 Å². The van der Waals surface area contributed by atoms with Gasteiger partial charge in [-0.15, -0.1) is 0 Å². The van der Waals surface area contributed by atoms with Crippen LogP contribution in [-0.2, 0) is 6.42 Å². The summed E-state index contributed by atoms with van der Waals surface area (Å²) in [6, 6.07) is 5.39. The maximum Gasteiger partial charge on any atom is 0.340 e. The van der Waals surface area contributed by atoms with Crippen molar-refractivity contribution in [3.63, 3.8) is 0 Å². The Kier molecular flexibility index (Phi) is 3.70. The van der Waals surface area contributed by atoms with Crippen LogP contribution in [0.1, 0.15) is 21.6 Å². The van der Waals surface area contributed by atoms with E-state index in [1.165, 1.54) is 7.11 Å². The topological polar surface area (TPSA) is 81.8 Å². The third-order valence-corrected chi connectivity index (χ3v) is 2.72. The van der Waals surface area contributed by atoms with Crippen LogP contribution in [0.15, 0.2) is 29.0 Å². The van der Waals surface area contributed by atoms with Gasteiger partial charge in [-0.2, -0.15) is 0 Å². The SMILES string of the molecule is COc1cccc(Cc2nocc2C(=O)O)c1OC. The second-order valence-corrected chi connectivity index (χ2v) is 3.81. The summed E-state index contributed by atoms with van der Waals surface area (Å²) in [6.45, 7) is 0. The monoisotopic (exact) mass is 263 g/mol. The van der Waals surface area contributed by atoms with E-state index >= 15 is 0 Å². The zero-order valence-electron chi connectivity index (χ0n) is 10.5. The van der Waals surface area contributed by atoms with Crippen molar-refractivity contribution in [1.29, 1.82) is 0 Å². The lowest BCUT2D eigenvalue weighted by Gasteiger charge is -2.11. The highest BCUT2D eigenvalue weighted by Gasteiger charge is 2.18. The van der Waals surface area contributed by atoms with Crippen LogP contribution < -0.4 is 9.47 Å². The average molecular weight is 263 g/mol. The smallest absolute Gasteiger partial charge is 0.340 e. The molecule has 6 nitrogen and oxygen atoms in total. The van der Waals surface area contributed by atoms with E-state index in [-0.39, 0.29) is 5.56 Å². The van der Waals surface area contributed by atoms with Crippen LogP contribution in [-0.4, -0.2) is 30.5 Å². The summed E-state index contributed by atoms with van der Waals surface area (Å²) in [6.07, 6.45) is 1.41. The van der Waals surface area contributed by atoms with Crippen molar-refractivity contribution in [1.82, 2.24) is 5.16 Å². The van der Waals surface area contributed by atoms with E-state index in [1.807, 2.05) is 6.07 Å². The van der Waals surface area contributed by atoms with Crippen molar-refractivity contribution < 1.29 is 23.9 Å². The zero-order chi connectivity index (χ0) is 13.8. The Hall–Kier alpha value is -2.50. The van der Waals surface area contributed by atoms with Gasteiger partial charge in [0.05, 0.1) is 14.2 Å². The van der Waals surface area contributed by atoms with Crippen LogP contribution in [0.4, 0.5) is 0 Å². The highest BCUT2D eigenvalue weighted by Crippen LogP contribution is 2.32. The summed E-state index contributed by atoms with van der Waals surface area (Å²) in [5, 5.41) is 12.7. The first-order valence-electron chi connectivity index (χ1n) is 5.53. The van der Waals surface area contributed by atoms with Gasteiger partial charge in [-0.05, 0) is 6.07 Å². The number of para-hydroxylation sites is 1. The zero-order valence-corrected chi connectivity index (χ0v) is 10.5. The molecule has 0 saturated heterocycles. The fraction of sp³-hybridized carbons (Fsp3) is 0.231. The van der Waals surface area contributed by atoms with Gasteiger partial charge in [0.25, 0.3) is 0 Å². The first kappa shape index (κ1) is 12.9. The van der Waals surface area contributed by atoms with E-state index in [0.29, 0.717) is 23.6 Å². The minimum Gasteiger partial charge on any atom is -0.493 e. The van der Waals surface area contributed by atoms with Crippen LogP contribution in [0.2, 0.25) is 0 Å². The Labute approximate surface area is 109 Å². The van der Waals surface area contributed by atoms with Gasteiger partial charge in [-0.1, -0.05) is 17.3 Å². The van der Waals surface area contributed by atoms with Crippen LogP contribution in [0, 0.1) is 0 Å². The molecule has 0 radical (unpaired) electrons. The molecule has 0 amide bonds. The normalized spacial score (nSPS) is 10.2. The van der Waals surface area contributed by atoms with Gasteiger partial charge < -0.3 is 19.1 Å². The Morgan fingerprint density at radius 1 is 1.37 bits per heavy atom. The Balaban J connectivity index is 2.38. The molecule has 1 aromatic carbocycles. The van der Waals surface area contributed by atoms with Crippen LogP contribution in [0.25, 0.3) is 0 Å². The molecule has 0 aliphatic rings. The quantitative estimate of drug-likeness (QED) is 0.888. The summed E-state index contributed by atoms with van der Waals surface area (Å²) in [7, 11) is 3.07. The number of hydrogen-bond donors (Lipinski definition) is 1. The maximum atomic E-state index is 11.0. The van der Waals surface area contributed by atoms with Crippen LogP contribution in [0.5, 0.6) is 11.5 Å². The lowest BCUT2D eigenvalue weighted by Crippen LogP contribution is -2.02. The van der Waals surface area contributed by atoms with Gasteiger partial charge in [0.15, 0.2) is 11.5 Å². The molecule has 0 bridgehead atoms. The summed E-state index contributed by atoms with van der Waals surface area (Å²) < 4.78 is 15.2. The van der Waals surface area contributed by atoms with Gasteiger partial charge in [0.2, 0.25) is 0 Å². The predicted octanol–water partition coefficient (Wildman–Crippen LogP) is 1.98. The van der Waals surface area contributed by atoms with Crippen molar-refractivity contribution >= 4 is 5.97 Å². The molecule has 1 heterocycles. The number of methoxy groups -OCH3 is 2. The lowest BCUT2D eigenvalue weighted by molar-refractivity contribution is 0.0695. The molecule has 0 saturated carbocycles. The molecule has 0 unspecified atom stereocenters. The molecule has 0 aliphatic carbocycles. The van der Waals surface area contributed by atoms with Crippen molar-refractivity contribution in [2.75, 3.05) is 14.2 Å². The number of carbonyl (C=O) groups is 1. The fourth-order valence-corrected chi connectivity index (χ4v) is 1.83. The predicted molar refractivity (Wildman–Crippen MR) is 65.8 cm³/mol. The minimum atomic E-state index is -1.07. The Morgan fingerprint density at radius 2 is 2.16 bits per heavy atom. The van der Waals surface area contributed by atoms with E-state index in [4.69, 9.17) is 19.1 Å². The minimum absolute atomic E-state index is 0.0462. The Bertz CT molecular complexity index is 590. The second kappa shape index (κ2) is 5.43. The van der Waals surface area contributed by atoms with E-state index in [0.717, 1.165) is 11.8 Å². The molecule has 19 heavy (non-hydrogen) atoms. The van der Waals surface area contributed by atoms with E-state index in [9.17, 15) is 4.79 Å². The van der Waals surface area contributed by atoms with E-state index in [1.54, 1.807) is 19.2 Å². The highest BCUT2D eigenvalue weighted by molar-refractivity contribution is 5.88. The number of hydrogen-bond acceptors (Lipinski definition) is 5. The number of aromatic nitrogens is 1. The van der Waals surface area contributed by atoms with Gasteiger partial charge in [-0.3, -0.25) is 0 Å². The summed E-state index contributed by atoms with van der Waals surface area (Å²) in [4.78, 5) is 11.0. The number of carboxylic acid groups (broad SMARTS) is 1. The molecule has 1 aromatic heterocycles. The molecule has 0 spiro atoms. The molecule has 6 heteroatoms. The molecule has 2 aromatic rings. The third-order valence-electron chi connectivity index (χ3n) is 2.72. The number of nitrogens with zero attached hydrogens (tertiary/aromatic N) is 1. The van der Waals surface area contributed by atoms with Crippen LogP contribution in [0.3, 0.4) is 0 Å². The molecule has 0 aliphatic heterocycles. The van der Waals surface area contributed by atoms with Crippen molar-refractivity contribution in [2.24, 2.45) is 0 Å². The summed E-state index contributed by atoms with van der Waals surface area (Å²) >= 11 is 0. The van der Waals surface area contributed by atoms with Crippen molar-refractivity contribution in [3.8, 4) is 11.5 Å². The number of aromatic carboxylic acids is 1. The second-order valence-electron chi connectivity index (χ2n) is 3.81. The maximum absolute atomic E-state index is 11.0. The van der Waals surface area contributed by atoms with Gasteiger partial charge in [-0.25, -0.2) is 4.79 Å². The van der Waals surface area contributed by atoms with Gasteiger partial charge in [0, 0.05) is 12.0 Å².